The SMILES string of the molecule is Cc1noc(/C=C\c2cc(C)n(-c3ccc(Cl)cc3)c2C)c1[N+](=O)[O-]. The molecule has 25 heavy (non-hydrogen) atoms. The van der Waals surface area contributed by atoms with Gasteiger partial charge in [-0.05, 0) is 68.8 Å². The van der Waals surface area contributed by atoms with E-state index in [-0.39, 0.29) is 17.1 Å². The van der Waals surface area contributed by atoms with Crippen LogP contribution >= 0.6 is 11.6 Å². The second-order valence-electron chi connectivity index (χ2n) is 5.71. The van der Waals surface area contributed by atoms with E-state index in [2.05, 4.69) is 9.72 Å². The van der Waals surface area contributed by atoms with Gasteiger partial charge in [0.2, 0.25) is 5.76 Å². The summed E-state index contributed by atoms with van der Waals surface area (Å²) in [7, 11) is 0. The minimum Gasteiger partial charge on any atom is -0.349 e. The van der Waals surface area contributed by atoms with Crippen molar-refractivity contribution in [3.05, 3.63) is 73.9 Å². The zero-order valence-corrected chi connectivity index (χ0v) is 14.7. The van der Waals surface area contributed by atoms with E-state index >= 15 is 0 Å². The van der Waals surface area contributed by atoms with Gasteiger partial charge in [-0.2, -0.15) is 0 Å². The largest absolute Gasteiger partial charge is 0.349 e. The molecule has 1 aromatic carbocycles. The Morgan fingerprint density at radius 3 is 2.52 bits per heavy atom. The van der Waals surface area contributed by atoms with E-state index in [0.29, 0.717) is 5.02 Å². The van der Waals surface area contributed by atoms with Crippen molar-refractivity contribution in [3.8, 4) is 5.69 Å². The van der Waals surface area contributed by atoms with Gasteiger partial charge in [-0.15, -0.1) is 0 Å². The molecule has 0 N–H and O–H groups in total. The summed E-state index contributed by atoms with van der Waals surface area (Å²) in [6.07, 6.45) is 3.37. The highest BCUT2D eigenvalue weighted by Gasteiger charge is 2.22. The number of rotatable bonds is 4. The Morgan fingerprint density at radius 2 is 1.88 bits per heavy atom. The van der Waals surface area contributed by atoms with Crippen LogP contribution in [0.1, 0.15) is 28.4 Å². The van der Waals surface area contributed by atoms with Crippen molar-refractivity contribution in [1.29, 1.82) is 0 Å². The van der Waals surface area contributed by atoms with Crippen molar-refractivity contribution in [1.82, 2.24) is 9.72 Å². The smallest absolute Gasteiger partial charge is 0.338 e. The number of benzene rings is 1. The molecule has 3 rings (SSSR count). The first-order chi connectivity index (χ1) is 11.9. The molecule has 0 fully saturated rings. The lowest BCUT2D eigenvalue weighted by molar-refractivity contribution is -0.386. The highest BCUT2D eigenvalue weighted by molar-refractivity contribution is 6.30. The van der Waals surface area contributed by atoms with Crippen LogP contribution in [0.3, 0.4) is 0 Å². The van der Waals surface area contributed by atoms with Crippen LogP contribution in [0.15, 0.2) is 34.9 Å². The van der Waals surface area contributed by atoms with Crippen LogP contribution in [0, 0.1) is 30.9 Å². The van der Waals surface area contributed by atoms with Crippen molar-refractivity contribution in [2.45, 2.75) is 20.8 Å². The number of nitro groups is 1. The Labute approximate surface area is 149 Å². The van der Waals surface area contributed by atoms with Crippen molar-refractivity contribution < 1.29 is 9.45 Å². The molecular weight excluding hydrogens is 342 g/mol. The average Bonchev–Trinajstić information content (AvgIpc) is 3.06. The lowest BCUT2D eigenvalue weighted by Crippen LogP contribution is -1.98. The summed E-state index contributed by atoms with van der Waals surface area (Å²) in [6.45, 7) is 5.53. The second-order valence-corrected chi connectivity index (χ2v) is 6.15. The van der Waals surface area contributed by atoms with Crippen molar-refractivity contribution in [2.75, 3.05) is 0 Å². The molecule has 0 amide bonds. The van der Waals surface area contributed by atoms with Crippen LogP contribution in [0.25, 0.3) is 17.8 Å². The van der Waals surface area contributed by atoms with Crippen LogP contribution < -0.4 is 0 Å². The molecule has 128 valence electrons. The lowest BCUT2D eigenvalue weighted by atomic mass is 10.2. The minimum absolute atomic E-state index is 0.109. The Hall–Kier alpha value is -2.86. The number of halogens is 1. The summed E-state index contributed by atoms with van der Waals surface area (Å²) >= 11 is 5.95. The first-order valence-electron chi connectivity index (χ1n) is 7.62. The summed E-state index contributed by atoms with van der Waals surface area (Å²) in [5, 5.41) is 15.5. The van der Waals surface area contributed by atoms with Gasteiger partial charge in [0, 0.05) is 22.1 Å². The first kappa shape index (κ1) is 17.0. The topological polar surface area (TPSA) is 74.1 Å². The van der Waals surface area contributed by atoms with Crippen LogP contribution in [-0.2, 0) is 0 Å². The molecule has 0 saturated heterocycles. The molecule has 0 radical (unpaired) electrons. The van der Waals surface area contributed by atoms with E-state index in [4.69, 9.17) is 16.1 Å². The predicted octanol–water partition coefficient (Wildman–Crippen LogP) is 5.12. The minimum atomic E-state index is -0.484. The van der Waals surface area contributed by atoms with Crippen LogP contribution in [-0.4, -0.2) is 14.6 Å². The zero-order chi connectivity index (χ0) is 18.1. The Morgan fingerprint density at radius 1 is 1.20 bits per heavy atom. The van der Waals surface area contributed by atoms with Crippen molar-refractivity contribution >= 4 is 29.4 Å². The normalized spacial score (nSPS) is 11.4. The summed E-state index contributed by atoms with van der Waals surface area (Å²) in [4.78, 5) is 10.6. The van der Waals surface area contributed by atoms with Gasteiger partial charge in [-0.1, -0.05) is 16.8 Å². The maximum atomic E-state index is 11.1. The van der Waals surface area contributed by atoms with Gasteiger partial charge in [0.25, 0.3) is 0 Å². The van der Waals surface area contributed by atoms with Crippen LogP contribution in [0.2, 0.25) is 5.02 Å². The molecule has 2 heterocycles. The maximum absolute atomic E-state index is 11.1. The third-order valence-corrected chi connectivity index (χ3v) is 4.26. The van der Waals surface area contributed by atoms with Gasteiger partial charge in [-0.3, -0.25) is 10.1 Å². The maximum Gasteiger partial charge on any atom is 0.338 e. The lowest BCUT2D eigenvalue weighted by Gasteiger charge is -2.09. The molecule has 6 nitrogen and oxygen atoms in total. The number of nitrogens with zero attached hydrogens (tertiary/aromatic N) is 3. The molecule has 0 atom stereocenters. The number of hydrogen-bond acceptors (Lipinski definition) is 4. The highest BCUT2D eigenvalue weighted by atomic mass is 35.5. The van der Waals surface area contributed by atoms with Gasteiger partial charge in [0.05, 0.1) is 4.92 Å². The van der Waals surface area contributed by atoms with Crippen molar-refractivity contribution in [3.63, 3.8) is 0 Å². The Kier molecular flexibility index (Phi) is 4.46. The van der Waals surface area contributed by atoms with Crippen LogP contribution in [0.5, 0.6) is 0 Å². The van der Waals surface area contributed by atoms with E-state index in [1.807, 2.05) is 44.2 Å². The monoisotopic (exact) mass is 357 g/mol. The molecule has 0 aliphatic rings. The fourth-order valence-corrected chi connectivity index (χ4v) is 2.95. The molecule has 0 aliphatic carbocycles. The molecule has 0 bridgehead atoms. The standard InChI is InChI=1S/C18H16ClN3O3/c1-11-10-14(4-9-17-18(22(23)24)12(2)20-25-17)13(3)21(11)16-7-5-15(19)6-8-16/h4-10H,1-3H3/b9-4-. The molecule has 2 aromatic heterocycles. The number of aromatic nitrogens is 2. The van der Waals surface area contributed by atoms with Gasteiger partial charge in [0.1, 0.15) is 0 Å². The Balaban J connectivity index is 1.99. The first-order valence-corrected chi connectivity index (χ1v) is 8.00. The highest BCUT2D eigenvalue weighted by Crippen LogP contribution is 2.27. The third-order valence-electron chi connectivity index (χ3n) is 4.01. The van der Waals surface area contributed by atoms with Crippen LogP contribution in [0.4, 0.5) is 5.69 Å². The fraction of sp³-hybridized carbons (Fsp3) is 0.167. The summed E-state index contributed by atoms with van der Waals surface area (Å²) in [5.74, 6) is 0.138. The van der Waals surface area contributed by atoms with E-state index in [0.717, 1.165) is 22.6 Å². The second kappa shape index (κ2) is 6.57. The summed E-state index contributed by atoms with van der Waals surface area (Å²) in [6, 6.07) is 9.58. The molecule has 0 unspecified atom stereocenters. The predicted molar refractivity (Wildman–Crippen MR) is 97.1 cm³/mol. The molecular formula is C18H16ClN3O3. The van der Waals surface area contributed by atoms with E-state index in [9.17, 15) is 10.1 Å². The molecule has 0 saturated carbocycles. The van der Waals surface area contributed by atoms with Crippen molar-refractivity contribution in [2.24, 2.45) is 0 Å². The fourth-order valence-electron chi connectivity index (χ4n) is 2.82. The van der Waals surface area contributed by atoms with E-state index in [1.54, 1.807) is 19.1 Å². The van der Waals surface area contributed by atoms with Gasteiger partial charge < -0.3 is 9.09 Å². The molecule has 0 spiro atoms. The zero-order valence-electron chi connectivity index (χ0n) is 14.0. The van der Waals surface area contributed by atoms with E-state index < -0.39 is 4.92 Å². The average molecular weight is 358 g/mol. The summed E-state index contributed by atoms with van der Waals surface area (Å²) in [5.41, 5.74) is 4.15. The third kappa shape index (κ3) is 3.21. The Bertz CT molecular complexity index is 968. The summed E-state index contributed by atoms with van der Waals surface area (Å²) < 4.78 is 7.15. The van der Waals surface area contributed by atoms with Gasteiger partial charge >= 0.3 is 5.69 Å². The van der Waals surface area contributed by atoms with Gasteiger partial charge in [-0.25, -0.2) is 0 Å². The number of aryl methyl sites for hydroxylation is 2. The number of hydrogen-bond donors (Lipinski definition) is 0. The molecule has 7 heteroatoms. The quantitative estimate of drug-likeness (QED) is 0.479. The molecule has 3 aromatic rings. The van der Waals surface area contributed by atoms with E-state index in [1.165, 1.54) is 0 Å². The van der Waals surface area contributed by atoms with Gasteiger partial charge in [0.15, 0.2) is 5.69 Å². The molecule has 0 aliphatic heterocycles.